The monoisotopic (exact) mass is 328 g/mol. The maximum Gasteiger partial charge on any atom is 0.220 e. The van der Waals surface area contributed by atoms with Gasteiger partial charge in [-0.3, -0.25) is 9.69 Å². The second-order valence-corrected chi connectivity index (χ2v) is 7.22. The van der Waals surface area contributed by atoms with Gasteiger partial charge in [0.1, 0.15) is 18.1 Å². The normalized spacial score (nSPS) is 22.5. The van der Waals surface area contributed by atoms with Crippen LogP contribution < -0.4 is 14.8 Å². The molecule has 0 atom stereocenters. The van der Waals surface area contributed by atoms with Crippen molar-refractivity contribution in [1.82, 2.24) is 10.2 Å². The van der Waals surface area contributed by atoms with E-state index in [1.165, 1.54) is 5.57 Å². The van der Waals surface area contributed by atoms with E-state index in [2.05, 4.69) is 16.3 Å². The van der Waals surface area contributed by atoms with Crippen LogP contribution in [-0.4, -0.2) is 50.7 Å². The molecule has 0 saturated carbocycles. The molecule has 5 heteroatoms. The second-order valence-electron chi connectivity index (χ2n) is 7.22. The van der Waals surface area contributed by atoms with Crippen LogP contribution in [0, 0.1) is 5.41 Å². The molecule has 2 saturated heterocycles. The summed E-state index contributed by atoms with van der Waals surface area (Å²) >= 11 is 0. The van der Waals surface area contributed by atoms with Gasteiger partial charge in [-0.2, -0.15) is 0 Å². The van der Waals surface area contributed by atoms with Crippen LogP contribution in [-0.2, 0) is 4.79 Å². The largest absolute Gasteiger partial charge is 0.497 e. The molecule has 2 fully saturated rings. The number of nitrogens with one attached hydrogen (secondary N) is 1. The van der Waals surface area contributed by atoms with E-state index in [4.69, 9.17) is 9.47 Å². The number of hydrogen-bond acceptors (Lipinski definition) is 4. The third-order valence-corrected chi connectivity index (χ3v) is 5.53. The molecule has 1 N–H and O–H groups in total. The van der Waals surface area contributed by atoms with Gasteiger partial charge in [-0.25, -0.2) is 0 Å². The first-order valence-electron chi connectivity index (χ1n) is 8.65. The first-order valence-corrected chi connectivity index (χ1v) is 8.65. The zero-order valence-electron chi connectivity index (χ0n) is 14.1. The lowest BCUT2D eigenvalue weighted by atomic mass is 9.77. The van der Waals surface area contributed by atoms with Gasteiger partial charge in [0.25, 0.3) is 0 Å². The van der Waals surface area contributed by atoms with Crippen molar-refractivity contribution in [2.24, 2.45) is 5.41 Å². The number of amides is 1. The van der Waals surface area contributed by atoms with Gasteiger partial charge in [0, 0.05) is 25.1 Å². The number of benzene rings is 1. The molecule has 1 aromatic carbocycles. The van der Waals surface area contributed by atoms with Crippen molar-refractivity contribution in [1.29, 1.82) is 0 Å². The van der Waals surface area contributed by atoms with Crippen LogP contribution >= 0.6 is 0 Å². The molecule has 3 heterocycles. The number of hydrogen-bond donors (Lipinski definition) is 1. The molecule has 3 aliphatic rings. The van der Waals surface area contributed by atoms with Crippen molar-refractivity contribution in [2.45, 2.75) is 19.3 Å². The zero-order chi connectivity index (χ0) is 16.6. The van der Waals surface area contributed by atoms with Gasteiger partial charge in [0.2, 0.25) is 5.91 Å². The zero-order valence-corrected chi connectivity index (χ0v) is 14.1. The number of piperidine rings is 1. The molecule has 128 valence electrons. The summed E-state index contributed by atoms with van der Waals surface area (Å²) in [6.07, 6.45) is 5.14. The summed E-state index contributed by atoms with van der Waals surface area (Å²) in [4.78, 5) is 14.0. The van der Waals surface area contributed by atoms with Crippen molar-refractivity contribution < 1.29 is 14.3 Å². The minimum absolute atomic E-state index is 0.213. The molecule has 0 aromatic heterocycles. The van der Waals surface area contributed by atoms with Crippen LogP contribution in [0.4, 0.5) is 0 Å². The number of ether oxygens (including phenoxy) is 2. The predicted molar refractivity (Wildman–Crippen MR) is 92.2 cm³/mol. The van der Waals surface area contributed by atoms with Crippen molar-refractivity contribution >= 4 is 12.0 Å². The molecule has 4 rings (SSSR count). The third kappa shape index (κ3) is 3.00. The topological polar surface area (TPSA) is 50.8 Å². The highest BCUT2D eigenvalue weighted by Gasteiger charge is 2.40. The summed E-state index contributed by atoms with van der Waals surface area (Å²) in [6.45, 7) is 4.56. The standard InChI is InChI=1S/C19H24N2O3/c1-23-16-2-3-17-15(9-16)8-14(12-24-17)11-21-6-4-19(5-7-21)10-18(22)20-13-19/h2-3,8-9H,4-7,10-13H2,1H3,(H,20,22). The van der Waals surface area contributed by atoms with E-state index in [1.54, 1.807) is 7.11 Å². The number of fused-ring (bicyclic) bond motifs is 1. The highest BCUT2D eigenvalue weighted by molar-refractivity contribution is 5.79. The molecule has 1 amide bonds. The Morgan fingerprint density at radius 1 is 1.33 bits per heavy atom. The molecular weight excluding hydrogens is 304 g/mol. The number of carbonyl (C=O) groups excluding carboxylic acids is 1. The molecule has 0 aliphatic carbocycles. The number of likely N-dealkylation sites (tertiary alicyclic amines) is 1. The number of methoxy groups -OCH3 is 1. The quantitative estimate of drug-likeness (QED) is 0.923. The fraction of sp³-hybridized carbons (Fsp3) is 0.526. The van der Waals surface area contributed by atoms with Crippen molar-refractivity contribution in [2.75, 3.05) is 39.9 Å². The molecule has 0 radical (unpaired) electrons. The lowest BCUT2D eigenvalue weighted by molar-refractivity contribution is -0.119. The predicted octanol–water partition coefficient (Wildman–Crippen LogP) is 2.07. The van der Waals surface area contributed by atoms with Crippen molar-refractivity contribution in [3.63, 3.8) is 0 Å². The van der Waals surface area contributed by atoms with Crippen LogP contribution in [0.2, 0.25) is 0 Å². The first kappa shape index (κ1) is 15.5. The Bertz CT molecular complexity index is 675. The average molecular weight is 328 g/mol. The van der Waals surface area contributed by atoms with Gasteiger partial charge in [-0.1, -0.05) is 0 Å². The molecule has 0 bridgehead atoms. The Balaban J connectivity index is 1.39. The van der Waals surface area contributed by atoms with E-state index in [-0.39, 0.29) is 11.3 Å². The maximum absolute atomic E-state index is 11.5. The molecule has 3 aliphatic heterocycles. The van der Waals surface area contributed by atoms with Gasteiger partial charge in [0.15, 0.2) is 0 Å². The summed E-state index contributed by atoms with van der Waals surface area (Å²) in [5, 5.41) is 3.00. The second kappa shape index (κ2) is 6.13. The minimum atomic E-state index is 0.213. The lowest BCUT2D eigenvalue weighted by Crippen LogP contribution is -2.42. The average Bonchev–Trinajstić information content (AvgIpc) is 2.97. The van der Waals surface area contributed by atoms with Gasteiger partial charge < -0.3 is 14.8 Å². The SMILES string of the molecule is COc1ccc2c(c1)C=C(CN1CCC3(CC1)CNC(=O)C3)CO2. The highest BCUT2D eigenvalue weighted by atomic mass is 16.5. The van der Waals surface area contributed by atoms with E-state index in [0.717, 1.165) is 56.1 Å². The van der Waals surface area contributed by atoms with E-state index >= 15 is 0 Å². The Labute approximate surface area is 142 Å². The van der Waals surface area contributed by atoms with E-state index in [9.17, 15) is 4.79 Å². The summed E-state index contributed by atoms with van der Waals surface area (Å²) in [6, 6.07) is 5.92. The Hall–Kier alpha value is -2.01. The smallest absolute Gasteiger partial charge is 0.220 e. The third-order valence-electron chi connectivity index (χ3n) is 5.53. The summed E-state index contributed by atoms with van der Waals surface area (Å²) in [5.74, 6) is 2.00. The van der Waals surface area contributed by atoms with Crippen LogP contribution in [0.15, 0.2) is 23.8 Å². The van der Waals surface area contributed by atoms with E-state index in [0.29, 0.717) is 13.0 Å². The molecule has 1 spiro atoms. The van der Waals surface area contributed by atoms with Crippen molar-refractivity contribution in [3.8, 4) is 11.5 Å². The van der Waals surface area contributed by atoms with Gasteiger partial charge >= 0.3 is 0 Å². The molecular formula is C19H24N2O3. The van der Waals surface area contributed by atoms with Gasteiger partial charge in [-0.15, -0.1) is 0 Å². The molecule has 0 unspecified atom stereocenters. The van der Waals surface area contributed by atoms with Crippen LogP contribution in [0.3, 0.4) is 0 Å². The van der Waals surface area contributed by atoms with E-state index < -0.39 is 0 Å². The maximum atomic E-state index is 11.5. The Morgan fingerprint density at radius 3 is 2.88 bits per heavy atom. The van der Waals surface area contributed by atoms with Crippen LogP contribution in [0.5, 0.6) is 11.5 Å². The number of carbonyl (C=O) groups is 1. The number of rotatable bonds is 3. The molecule has 1 aromatic rings. The summed E-state index contributed by atoms with van der Waals surface area (Å²) in [7, 11) is 1.68. The highest BCUT2D eigenvalue weighted by Crippen LogP contribution is 2.38. The van der Waals surface area contributed by atoms with Gasteiger partial charge in [-0.05, 0) is 61.2 Å². The minimum Gasteiger partial charge on any atom is -0.497 e. The lowest BCUT2D eigenvalue weighted by Gasteiger charge is -2.38. The summed E-state index contributed by atoms with van der Waals surface area (Å²) in [5.41, 5.74) is 2.60. The molecule has 5 nitrogen and oxygen atoms in total. The Kier molecular flexibility index (Phi) is 3.96. The summed E-state index contributed by atoms with van der Waals surface area (Å²) < 4.78 is 11.2. The molecule has 24 heavy (non-hydrogen) atoms. The van der Waals surface area contributed by atoms with Crippen LogP contribution in [0.25, 0.3) is 6.08 Å². The fourth-order valence-electron chi connectivity index (χ4n) is 4.00. The van der Waals surface area contributed by atoms with Gasteiger partial charge in [0.05, 0.1) is 7.11 Å². The van der Waals surface area contributed by atoms with E-state index in [1.807, 2.05) is 18.2 Å². The van der Waals surface area contributed by atoms with Crippen LogP contribution in [0.1, 0.15) is 24.8 Å². The van der Waals surface area contributed by atoms with Crippen molar-refractivity contribution in [3.05, 3.63) is 29.3 Å². The Morgan fingerprint density at radius 2 is 2.17 bits per heavy atom. The number of nitrogens with zero attached hydrogens (tertiary/aromatic N) is 1. The first-order chi connectivity index (χ1) is 11.7. The fourth-order valence-corrected chi connectivity index (χ4v) is 4.00.